The molecular weight excluding hydrogens is 318 g/mol. The van der Waals surface area contributed by atoms with Crippen molar-refractivity contribution in [3.8, 4) is 0 Å². The molecule has 0 bridgehead atoms. The summed E-state index contributed by atoms with van der Waals surface area (Å²) in [5, 5.41) is 12.2. The van der Waals surface area contributed by atoms with E-state index in [0.29, 0.717) is 31.7 Å². The average molecular weight is 335 g/mol. The Labute approximate surface area is 119 Å². The van der Waals surface area contributed by atoms with E-state index in [1.54, 1.807) is 29.2 Å². The molecular formula is C13H17BrF2N2O. The summed E-state index contributed by atoms with van der Waals surface area (Å²) in [6, 6.07) is 5.83. The van der Waals surface area contributed by atoms with Gasteiger partial charge in [-0.25, -0.2) is 8.78 Å². The molecule has 1 aliphatic rings. The Morgan fingerprint density at radius 3 is 2.63 bits per heavy atom. The zero-order valence-electron chi connectivity index (χ0n) is 10.5. The van der Waals surface area contributed by atoms with Crippen molar-refractivity contribution in [3.05, 3.63) is 34.3 Å². The van der Waals surface area contributed by atoms with Gasteiger partial charge in [0.25, 0.3) is 5.92 Å². The lowest BCUT2D eigenvalue weighted by atomic mass is 9.98. The van der Waals surface area contributed by atoms with Gasteiger partial charge in [0.15, 0.2) is 0 Å². The number of piperazine rings is 1. The molecule has 1 fully saturated rings. The standard InChI is InChI=1S/C13H17BrF2N2O/c14-11-3-1-2-10(8-11)12(13(15,16)9-19)18-6-4-17-5-7-18/h1-3,8,12,17,19H,4-7,9H2/t12-/m1/s1. The van der Waals surface area contributed by atoms with Gasteiger partial charge in [-0.3, -0.25) is 4.90 Å². The first-order chi connectivity index (χ1) is 9.04. The maximum absolute atomic E-state index is 14.1. The summed E-state index contributed by atoms with van der Waals surface area (Å²) in [6.07, 6.45) is 0. The molecule has 2 N–H and O–H groups in total. The fourth-order valence-corrected chi connectivity index (χ4v) is 2.84. The minimum Gasteiger partial charge on any atom is -0.390 e. The topological polar surface area (TPSA) is 35.5 Å². The van der Waals surface area contributed by atoms with E-state index in [9.17, 15) is 8.78 Å². The van der Waals surface area contributed by atoms with E-state index >= 15 is 0 Å². The summed E-state index contributed by atoms with van der Waals surface area (Å²) in [7, 11) is 0. The number of alkyl halides is 2. The van der Waals surface area contributed by atoms with Gasteiger partial charge in [-0.1, -0.05) is 28.1 Å². The Balaban J connectivity index is 2.33. The molecule has 2 rings (SSSR count). The molecule has 1 saturated heterocycles. The second-order valence-corrected chi connectivity index (χ2v) is 5.58. The molecule has 0 saturated carbocycles. The van der Waals surface area contributed by atoms with Crippen LogP contribution in [-0.2, 0) is 0 Å². The van der Waals surface area contributed by atoms with Crippen LogP contribution in [0.4, 0.5) is 8.78 Å². The van der Waals surface area contributed by atoms with Gasteiger partial charge >= 0.3 is 0 Å². The smallest absolute Gasteiger partial charge is 0.289 e. The third-order valence-corrected chi connectivity index (χ3v) is 3.79. The van der Waals surface area contributed by atoms with Crippen molar-refractivity contribution < 1.29 is 13.9 Å². The van der Waals surface area contributed by atoms with Crippen molar-refractivity contribution >= 4 is 15.9 Å². The zero-order chi connectivity index (χ0) is 13.9. The molecule has 0 aromatic heterocycles. The van der Waals surface area contributed by atoms with Crippen LogP contribution in [0.15, 0.2) is 28.7 Å². The highest BCUT2D eigenvalue weighted by Crippen LogP contribution is 2.37. The van der Waals surface area contributed by atoms with Crippen LogP contribution in [0.1, 0.15) is 11.6 Å². The molecule has 1 aliphatic heterocycles. The fourth-order valence-electron chi connectivity index (χ4n) is 2.43. The Hall–Kier alpha value is -0.560. The van der Waals surface area contributed by atoms with Gasteiger partial charge in [0.1, 0.15) is 12.6 Å². The molecule has 0 radical (unpaired) electrons. The Kier molecular flexibility index (Phi) is 4.89. The lowest BCUT2D eigenvalue weighted by Crippen LogP contribution is -2.51. The highest BCUT2D eigenvalue weighted by atomic mass is 79.9. The number of rotatable bonds is 4. The molecule has 1 heterocycles. The number of hydrogen-bond acceptors (Lipinski definition) is 3. The molecule has 19 heavy (non-hydrogen) atoms. The molecule has 1 aromatic carbocycles. The van der Waals surface area contributed by atoms with E-state index in [2.05, 4.69) is 21.2 Å². The summed E-state index contributed by atoms with van der Waals surface area (Å²) < 4.78 is 28.9. The SMILES string of the molecule is OCC(F)(F)[C@@H](c1cccc(Br)c1)N1CCNCC1. The third kappa shape index (κ3) is 3.51. The van der Waals surface area contributed by atoms with Crippen molar-refractivity contribution in [1.82, 2.24) is 10.2 Å². The lowest BCUT2D eigenvalue weighted by Gasteiger charge is -2.38. The highest BCUT2D eigenvalue weighted by molar-refractivity contribution is 9.10. The van der Waals surface area contributed by atoms with Crippen molar-refractivity contribution in [2.24, 2.45) is 0 Å². The van der Waals surface area contributed by atoms with Crippen LogP contribution in [0.3, 0.4) is 0 Å². The molecule has 0 spiro atoms. The molecule has 1 atom stereocenters. The Morgan fingerprint density at radius 2 is 2.05 bits per heavy atom. The first-order valence-corrected chi connectivity index (χ1v) is 7.03. The second kappa shape index (κ2) is 6.26. The van der Waals surface area contributed by atoms with Crippen LogP contribution < -0.4 is 5.32 Å². The number of aliphatic hydroxyl groups is 1. The second-order valence-electron chi connectivity index (χ2n) is 4.66. The molecule has 106 valence electrons. The first kappa shape index (κ1) is 14.8. The van der Waals surface area contributed by atoms with Crippen molar-refractivity contribution in [2.75, 3.05) is 32.8 Å². The van der Waals surface area contributed by atoms with Gasteiger partial charge < -0.3 is 10.4 Å². The number of aliphatic hydroxyl groups excluding tert-OH is 1. The summed E-state index contributed by atoms with van der Waals surface area (Å²) in [5.41, 5.74) is 0.523. The van der Waals surface area contributed by atoms with E-state index in [1.807, 2.05) is 0 Å². The van der Waals surface area contributed by atoms with E-state index in [0.717, 1.165) is 4.47 Å². The largest absolute Gasteiger partial charge is 0.390 e. The Morgan fingerprint density at radius 1 is 1.37 bits per heavy atom. The molecule has 6 heteroatoms. The molecule has 3 nitrogen and oxygen atoms in total. The molecule has 0 unspecified atom stereocenters. The normalized spacial score (nSPS) is 19.4. The maximum atomic E-state index is 14.1. The average Bonchev–Trinajstić information content (AvgIpc) is 2.40. The fraction of sp³-hybridized carbons (Fsp3) is 0.538. The number of nitrogens with zero attached hydrogens (tertiary/aromatic N) is 1. The van der Waals surface area contributed by atoms with Crippen molar-refractivity contribution in [2.45, 2.75) is 12.0 Å². The van der Waals surface area contributed by atoms with E-state index in [-0.39, 0.29) is 0 Å². The van der Waals surface area contributed by atoms with Gasteiger partial charge in [-0.2, -0.15) is 0 Å². The van der Waals surface area contributed by atoms with E-state index in [4.69, 9.17) is 5.11 Å². The third-order valence-electron chi connectivity index (χ3n) is 3.29. The summed E-state index contributed by atoms with van der Waals surface area (Å²) in [6.45, 7) is 1.33. The monoisotopic (exact) mass is 334 g/mol. The van der Waals surface area contributed by atoms with Gasteiger partial charge in [0.05, 0.1) is 0 Å². The van der Waals surface area contributed by atoms with Crippen LogP contribution in [-0.4, -0.2) is 48.7 Å². The lowest BCUT2D eigenvalue weighted by molar-refractivity contribution is -0.118. The minimum absolute atomic E-state index is 0.523. The predicted octanol–water partition coefficient (Wildman–Crippen LogP) is 2.02. The number of nitrogens with one attached hydrogen (secondary N) is 1. The van der Waals surface area contributed by atoms with Gasteiger partial charge in [-0.05, 0) is 17.7 Å². The van der Waals surface area contributed by atoms with Crippen molar-refractivity contribution in [1.29, 1.82) is 0 Å². The van der Waals surface area contributed by atoms with Crippen molar-refractivity contribution in [3.63, 3.8) is 0 Å². The van der Waals surface area contributed by atoms with E-state index < -0.39 is 18.6 Å². The Bertz CT molecular complexity index is 425. The molecule has 0 amide bonds. The van der Waals surface area contributed by atoms with Gasteiger partial charge in [0.2, 0.25) is 0 Å². The van der Waals surface area contributed by atoms with Crippen LogP contribution >= 0.6 is 15.9 Å². The first-order valence-electron chi connectivity index (χ1n) is 6.23. The van der Waals surface area contributed by atoms with E-state index in [1.165, 1.54) is 0 Å². The van der Waals surface area contributed by atoms with Crippen LogP contribution in [0.2, 0.25) is 0 Å². The van der Waals surface area contributed by atoms with Crippen LogP contribution in [0.5, 0.6) is 0 Å². The van der Waals surface area contributed by atoms with Crippen LogP contribution in [0, 0.1) is 0 Å². The summed E-state index contributed by atoms with van der Waals surface area (Å²) in [4.78, 5) is 1.73. The highest BCUT2D eigenvalue weighted by Gasteiger charge is 2.43. The summed E-state index contributed by atoms with van der Waals surface area (Å²) >= 11 is 3.30. The molecule has 1 aromatic rings. The number of hydrogen-bond donors (Lipinski definition) is 2. The predicted molar refractivity (Wildman–Crippen MR) is 73.4 cm³/mol. The minimum atomic E-state index is -3.15. The summed E-state index contributed by atoms with van der Waals surface area (Å²) in [5.74, 6) is -3.15. The quantitative estimate of drug-likeness (QED) is 0.884. The molecule has 0 aliphatic carbocycles. The zero-order valence-corrected chi connectivity index (χ0v) is 12.0. The number of benzene rings is 1. The van der Waals surface area contributed by atoms with Gasteiger partial charge in [-0.15, -0.1) is 0 Å². The number of halogens is 3. The van der Waals surface area contributed by atoms with Gasteiger partial charge in [0, 0.05) is 30.7 Å². The maximum Gasteiger partial charge on any atom is 0.289 e. The van der Waals surface area contributed by atoms with Crippen LogP contribution in [0.25, 0.3) is 0 Å².